The van der Waals surface area contributed by atoms with Crippen molar-refractivity contribution >= 4 is 10.9 Å². The molecule has 1 atom stereocenters. The third-order valence-corrected chi connectivity index (χ3v) is 2.55. The monoisotopic (exact) mass is 212 g/mol. The molecule has 0 spiro atoms. The summed E-state index contributed by atoms with van der Waals surface area (Å²) in [6, 6.07) is 10.0. The summed E-state index contributed by atoms with van der Waals surface area (Å²) in [4.78, 5) is 4.33. The highest BCUT2D eigenvalue weighted by Crippen LogP contribution is 2.22. The minimum absolute atomic E-state index is 0.0575. The van der Waals surface area contributed by atoms with Gasteiger partial charge in [0.1, 0.15) is 0 Å². The maximum Gasteiger partial charge on any atom is 0.0705 e. The van der Waals surface area contributed by atoms with E-state index in [1.165, 1.54) is 5.57 Å². The van der Waals surface area contributed by atoms with Crippen LogP contribution in [-0.2, 0) is 0 Å². The molecule has 2 nitrogen and oxygen atoms in total. The summed E-state index contributed by atoms with van der Waals surface area (Å²) in [6.45, 7) is 4.12. The Kier molecular flexibility index (Phi) is 3.02. The third kappa shape index (κ3) is 2.12. The van der Waals surface area contributed by atoms with E-state index >= 15 is 0 Å². The van der Waals surface area contributed by atoms with Gasteiger partial charge in [-0.25, -0.2) is 0 Å². The van der Waals surface area contributed by atoms with Crippen molar-refractivity contribution in [3.63, 3.8) is 0 Å². The lowest BCUT2D eigenvalue weighted by Crippen LogP contribution is -2.08. The fraction of sp³-hybridized carbons (Fsp3) is 0.214. The van der Waals surface area contributed by atoms with Crippen molar-refractivity contribution in [3.8, 4) is 0 Å². The molecule has 1 unspecified atom stereocenters. The molecular formula is C14H16N2. The fourth-order valence-corrected chi connectivity index (χ4v) is 1.87. The standard InChI is InChI=1S/C14H16N2/c1-10(2)9-13(15)11-5-3-7-14-12(11)6-4-8-16-14/h3-9,13H,15H2,1-2H3. The summed E-state index contributed by atoms with van der Waals surface area (Å²) < 4.78 is 0. The van der Waals surface area contributed by atoms with Crippen molar-refractivity contribution in [2.24, 2.45) is 5.73 Å². The first-order valence-corrected chi connectivity index (χ1v) is 5.43. The summed E-state index contributed by atoms with van der Waals surface area (Å²) in [6.07, 6.45) is 3.88. The van der Waals surface area contributed by atoms with E-state index in [1.807, 2.05) is 18.2 Å². The topological polar surface area (TPSA) is 38.9 Å². The van der Waals surface area contributed by atoms with E-state index in [0.29, 0.717) is 0 Å². The summed E-state index contributed by atoms with van der Waals surface area (Å²) in [5, 5.41) is 1.13. The number of pyridine rings is 1. The van der Waals surface area contributed by atoms with Crippen molar-refractivity contribution in [3.05, 3.63) is 53.7 Å². The van der Waals surface area contributed by atoms with E-state index < -0.39 is 0 Å². The molecule has 1 aromatic heterocycles. The van der Waals surface area contributed by atoms with E-state index in [4.69, 9.17) is 5.73 Å². The Balaban J connectivity index is 2.56. The van der Waals surface area contributed by atoms with Gasteiger partial charge in [-0.1, -0.05) is 29.8 Å². The second-order valence-electron chi connectivity index (χ2n) is 4.19. The number of benzene rings is 1. The summed E-state index contributed by atoms with van der Waals surface area (Å²) in [5.41, 5.74) is 9.52. The molecule has 0 saturated carbocycles. The first-order chi connectivity index (χ1) is 7.68. The zero-order valence-electron chi connectivity index (χ0n) is 9.64. The maximum absolute atomic E-state index is 6.16. The number of aromatic nitrogens is 1. The quantitative estimate of drug-likeness (QED) is 0.776. The fourth-order valence-electron chi connectivity index (χ4n) is 1.87. The van der Waals surface area contributed by atoms with E-state index in [2.05, 4.69) is 37.0 Å². The average molecular weight is 212 g/mol. The van der Waals surface area contributed by atoms with E-state index in [-0.39, 0.29) is 6.04 Å². The maximum atomic E-state index is 6.16. The first-order valence-electron chi connectivity index (χ1n) is 5.43. The summed E-state index contributed by atoms with van der Waals surface area (Å²) >= 11 is 0. The smallest absolute Gasteiger partial charge is 0.0705 e. The molecule has 0 saturated heterocycles. The van der Waals surface area contributed by atoms with Crippen molar-refractivity contribution in [2.45, 2.75) is 19.9 Å². The Bertz CT molecular complexity index is 520. The zero-order valence-corrected chi connectivity index (χ0v) is 9.64. The van der Waals surface area contributed by atoms with Crippen LogP contribution in [0.1, 0.15) is 25.5 Å². The molecule has 2 aromatic rings. The molecule has 0 bridgehead atoms. The van der Waals surface area contributed by atoms with Crippen LogP contribution in [0.4, 0.5) is 0 Å². The zero-order chi connectivity index (χ0) is 11.5. The molecule has 1 heterocycles. The van der Waals surface area contributed by atoms with Crippen LogP contribution in [0, 0.1) is 0 Å². The molecule has 0 aliphatic carbocycles. The van der Waals surface area contributed by atoms with Gasteiger partial charge in [0.05, 0.1) is 5.52 Å². The van der Waals surface area contributed by atoms with Gasteiger partial charge >= 0.3 is 0 Å². The number of nitrogens with two attached hydrogens (primary N) is 1. The minimum Gasteiger partial charge on any atom is -0.321 e. The van der Waals surface area contributed by atoms with Gasteiger partial charge in [0.2, 0.25) is 0 Å². The van der Waals surface area contributed by atoms with Gasteiger partial charge in [-0.05, 0) is 31.5 Å². The highest BCUT2D eigenvalue weighted by molar-refractivity contribution is 5.82. The highest BCUT2D eigenvalue weighted by atomic mass is 14.7. The lowest BCUT2D eigenvalue weighted by atomic mass is 10.0. The first kappa shape index (κ1) is 10.8. The van der Waals surface area contributed by atoms with Crippen molar-refractivity contribution in [2.75, 3.05) is 0 Å². The lowest BCUT2D eigenvalue weighted by Gasteiger charge is -2.11. The van der Waals surface area contributed by atoms with Crippen LogP contribution < -0.4 is 5.73 Å². The number of hydrogen-bond acceptors (Lipinski definition) is 2. The predicted molar refractivity (Wildman–Crippen MR) is 68.1 cm³/mol. The summed E-state index contributed by atoms with van der Waals surface area (Å²) in [5.74, 6) is 0. The van der Waals surface area contributed by atoms with Gasteiger partial charge in [0, 0.05) is 17.6 Å². The molecule has 0 fully saturated rings. The SMILES string of the molecule is CC(C)=CC(N)c1cccc2ncccc12. The van der Waals surface area contributed by atoms with Crippen LogP contribution in [0.25, 0.3) is 10.9 Å². The Hall–Kier alpha value is -1.67. The van der Waals surface area contributed by atoms with Crippen LogP contribution in [0.2, 0.25) is 0 Å². The number of fused-ring (bicyclic) bond motifs is 1. The van der Waals surface area contributed by atoms with Crippen molar-refractivity contribution in [1.82, 2.24) is 4.98 Å². The molecule has 2 N–H and O–H groups in total. The molecule has 0 radical (unpaired) electrons. The van der Waals surface area contributed by atoms with Crippen LogP contribution >= 0.6 is 0 Å². The Morgan fingerprint density at radius 2 is 2.06 bits per heavy atom. The van der Waals surface area contributed by atoms with Gasteiger partial charge < -0.3 is 5.73 Å². The van der Waals surface area contributed by atoms with Crippen LogP contribution in [0.5, 0.6) is 0 Å². The third-order valence-electron chi connectivity index (χ3n) is 2.55. The number of allylic oxidation sites excluding steroid dienone is 1. The van der Waals surface area contributed by atoms with Gasteiger partial charge in [-0.15, -0.1) is 0 Å². The van der Waals surface area contributed by atoms with Gasteiger partial charge in [0.25, 0.3) is 0 Å². The highest BCUT2D eigenvalue weighted by Gasteiger charge is 2.06. The molecule has 0 aliphatic heterocycles. The predicted octanol–water partition coefficient (Wildman–Crippen LogP) is 3.20. The van der Waals surface area contributed by atoms with Crippen LogP contribution in [0.15, 0.2) is 48.2 Å². The Morgan fingerprint density at radius 3 is 2.81 bits per heavy atom. The molecule has 0 aliphatic rings. The number of hydrogen-bond donors (Lipinski definition) is 1. The largest absolute Gasteiger partial charge is 0.321 e. The molecular weight excluding hydrogens is 196 g/mol. The molecule has 2 rings (SSSR count). The summed E-state index contributed by atoms with van der Waals surface area (Å²) in [7, 11) is 0. The Morgan fingerprint density at radius 1 is 1.25 bits per heavy atom. The van der Waals surface area contributed by atoms with Crippen LogP contribution in [0.3, 0.4) is 0 Å². The van der Waals surface area contributed by atoms with Gasteiger partial charge in [-0.3, -0.25) is 4.98 Å². The molecule has 16 heavy (non-hydrogen) atoms. The Labute approximate surface area is 95.8 Å². The number of nitrogens with zero attached hydrogens (tertiary/aromatic N) is 1. The van der Waals surface area contributed by atoms with Crippen LogP contribution in [-0.4, -0.2) is 4.98 Å². The van der Waals surface area contributed by atoms with E-state index in [1.54, 1.807) is 6.20 Å². The molecule has 1 aromatic carbocycles. The average Bonchev–Trinajstić information content (AvgIpc) is 2.27. The van der Waals surface area contributed by atoms with Gasteiger partial charge in [0.15, 0.2) is 0 Å². The number of rotatable bonds is 2. The normalized spacial score (nSPS) is 12.4. The van der Waals surface area contributed by atoms with Gasteiger partial charge in [-0.2, -0.15) is 0 Å². The van der Waals surface area contributed by atoms with Crippen molar-refractivity contribution < 1.29 is 0 Å². The second-order valence-corrected chi connectivity index (χ2v) is 4.19. The molecule has 82 valence electrons. The minimum atomic E-state index is -0.0575. The molecule has 2 heteroatoms. The van der Waals surface area contributed by atoms with Crippen molar-refractivity contribution in [1.29, 1.82) is 0 Å². The molecule has 0 amide bonds. The van der Waals surface area contributed by atoms with E-state index in [0.717, 1.165) is 16.5 Å². The second kappa shape index (κ2) is 4.45. The van der Waals surface area contributed by atoms with E-state index in [9.17, 15) is 0 Å². The lowest BCUT2D eigenvalue weighted by molar-refractivity contribution is 0.909.